The molecule has 2 aromatic heterocycles. The lowest BCUT2D eigenvalue weighted by Gasteiger charge is -2.54. The summed E-state index contributed by atoms with van der Waals surface area (Å²) in [5, 5.41) is 11.6. The molecule has 0 bridgehead atoms. The number of aromatic nitrogens is 3. The minimum Gasteiger partial charge on any atom is -0.496 e. The number of nitriles is 1. The van der Waals surface area contributed by atoms with Crippen LogP contribution in [-0.2, 0) is 29.5 Å². The highest BCUT2D eigenvalue weighted by Crippen LogP contribution is 2.44. The Hall–Kier alpha value is -3.97. The maximum atomic E-state index is 13.1. The second kappa shape index (κ2) is 13.5. The lowest BCUT2D eigenvalue weighted by atomic mass is 9.72. The molecule has 0 N–H and O–H groups in total. The first-order chi connectivity index (χ1) is 24.3. The van der Waals surface area contributed by atoms with Crippen molar-refractivity contribution in [2.75, 3.05) is 70.6 Å². The Morgan fingerprint density at radius 3 is 2.37 bits per heavy atom. The minimum absolute atomic E-state index is 0.100. The van der Waals surface area contributed by atoms with Crippen LogP contribution in [0.4, 0.5) is 19.0 Å². The van der Waals surface area contributed by atoms with Crippen LogP contribution in [0, 0.1) is 16.7 Å². The summed E-state index contributed by atoms with van der Waals surface area (Å²) in [7, 11) is -1.54. The van der Waals surface area contributed by atoms with E-state index < -0.39 is 22.6 Å². The number of alkyl halides is 3. The molecule has 1 spiro atoms. The first kappa shape index (κ1) is 35.4. The minimum atomic E-state index is -4.28. The van der Waals surface area contributed by atoms with Crippen molar-refractivity contribution in [1.29, 1.82) is 5.26 Å². The molecule has 7 rings (SSSR count). The monoisotopic (exact) mass is 724 g/mol. The Balaban J connectivity index is 0.999. The number of likely N-dealkylation sites (tertiary alicyclic amines) is 1. The molecule has 3 saturated heterocycles. The molecule has 2 aromatic carbocycles. The van der Waals surface area contributed by atoms with Crippen LogP contribution in [0.3, 0.4) is 0 Å². The smallest absolute Gasteiger partial charge is 0.393 e. The van der Waals surface area contributed by atoms with E-state index in [1.165, 1.54) is 23.0 Å². The van der Waals surface area contributed by atoms with E-state index in [0.29, 0.717) is 61.7 Å². The van der Waals surface area contributed by atoms with Gasteiger partial charge in [-0.3, -0.25) is 9.80 Å². The average Bonchev–Trinajstić information content (AvgIpc) is 3.43. The number of fused-ring (bicyclic) bond motifs is 2. The Morgan fingerprint density at radius 2 is 1.73 bits per heavy atom. The Bertz CT molecular complexity index is 2070. The zero-order valence-electron chi connectivity index (χ0n) is 29.2. The van der Waals surface area contributed by atoms with Crippen molar-refractivity contribution in [2.24, 2.45) is 5.41 Å². The standard InChI is InChI=1S/C36H43F3N8O3S/c1-25(44-12-14-46(15-13-44)51(3,48)49)20-47-28(19-40)17-30-32(47)7-5-27(33(30)50-2)21-43-10-8-35(9-11-43)22-45(23-35)34-29-16-26(18-36(37,38)39)4-6-31(29)41-24-42-34/h4-7,16-17,24-25H,8-15,18,20-23H2,1-3H3. The van der Waals surface area contributed by atoms with E-state index >= 15 is 0 Å². The first-order valence-corrected chi connectivity index (χ1v) is 19.2. The van der Waals surface area contributed by atoms with Gasteiger partial charge in [-0.1, -0.05) is 12.1 Å². The van der Waals surface area contributed by atoms with Gasteiger partial charge in [0.25, 0.3) is 0 Å². The number of piperazine rings is 1. The fraction of sp³-hybridized carbons (Fsp3) is 0.528. The SMILES string of the molecule is COc1c(CN2CCC3(CC2)CN(c2ncnc4ccc(CC(F)(F)F)cc24)C3)ccc2c1cc(C#N)n2CC(C)N1CCN(S(C)(=O)=O)CC1. The second-order valence-corrected chi connectivity index (χ2v) is 16.4. The lowest BCUT2D eigenvalue weighted by Crippen LogP contribution is -2.60. The number of halogens is 3. The number of ether oxygens (including phenoxy) is 1. The third kappa shape index (κ3) is 7.24. The maximum absolute atomic E-state index is 13.1. The molecule has 11 nitrogen and oxygen atoms in total. The molecule has 0 radical (unpaired) electrons. The fourth-order valence-electron chi connectivity index (χ4n) is 8.20. The van der Waals surface area contributed by atoms with Gasteiger partial charge >= 0.3 is 6.18 Å². The molecular formula is C36H43F3N8O3S. The normalized spacial score (nSPS) is 19.7. The molecule has 272 valence electrons. The highest BCUT2D eigenvalue weighted by molar-refractivity contribution is 7.88. The summed E-state index contributed by atoms with van der Waals surface area (Å²) >= 11 is 0. The lowest BCUT2D eigenvalue weighted by molar-refractivity contribution is -0.127. The third-order valence-electron chi connectivity index (χ3n) is 11.0. The summed E-state index contributed by atoms with van der Waals surface area (Å²) in [6, 6.07) is 13.2. The van der Waals surface area contributed by atoms with Crippen LogP contribution in [0.25, 0.3) is 21.8 Å². The number of rotatable bonds is 9. The van der Waals surface area contributed by atoms with Crippen molar-refractivity contribution in [3.63, 3.8) is 0 Å². The van der Waals surface area contributed by atoms with Crippen LogP contribution < -0.4 is 9.64 Å². The Labute approximate surface area is 296 Å². The van der Waals surface area contributed by atoms with E-state index in [0.717, 1.165) is 61.2 Å². The first-order valence-electron chi connectivity index (χ1n) is 17.3. The maximum Gasteiger partial charge on any atom is 0.393 e. The molecule has 5 heterocycles. The summed E-state index contributed by atoms with van der Waals surface area (Å²) in [5.74, 6) is 1.47. The molecule has 51 heavy (non-hydrogen) atoms. The van der Waals surface area contributed by atoms with Crippen molar-refractivity contribution >= 4 is 37.6 Å². The number of methoxy groups -OCH3 is 1. The Kier molecular flexibility index (Phi) is 9.41. The zero-order chi connectivity index (χ0) is 36.1. The fourth-order valence-corrected chi connectivity index (χ4v) is 9.03. The van der Waals surface area contributed by atoms with Crippen LogP contribution in [0.2, 0.25) is 0 Å². The van der Waals surface area contributed by atoms with E-state index in [1.54, 1.807) is 19.2 Å². The van der Waals surface area contributed by atoms with Gasteiger partial charge in [-0.25, -0.2) is 18.4 Å². The van der Waals surface area contributed by atoms with Gasteiger partial charge in [0.05, 0.1) is 30.8 Å². The van der Waals surface area contributed by atoms with Gasteiger partial charge in [0.2, 0.25) is 10.0 Å². The molecule has 15 heteroatoms. The molecule has 1 unspecified atom stereocenters. The molecule has 4 aromatic rings. The van der Waals surface area contributed by atoms with Crippen LogP contribution in [-0.4, -0.2) is 115 Å². The summed E-state index contributed by atoms with van der Waals surface area (Å²) in [5.41, 5.74) is 3.54. The van der Waals surface area contributed by atoms with Gasteiger partial charge in [-0.15, -0.1) is 0 Å². The quantitative estimate of drug-likeness (QED) is 0.244. The summed E-state index contributed by atoms with van der Waals surface area (Å²) < 4.78 is 72.7. The van der Waals surface area contributed by atoms with E-state index in [2.05, 4.69) is 49.8 Å². The summed E-state index contributed by atoms with van der Waals surface area (Å²) in [6.07, 6.45) is -0.522. The van der Waals surface area contributed by atoms with Crippen molar-refractivity contribution < 1.29 is 26.3 Å². The van der Waals surface area contributed by atoms with Gasteiger partial charge in [0.15, 0.2) is 0 Å². The highest BCUT2D eigenvalue weighted by atomic mass is 32.2. The van der Waals surface area contributed by atoms with Crippen molar-refractivity contribution in [3.8, 4) is 11.8 Å². The molecule has 0 saturated carbocycles. The van der Waals surface area contributed by atoms with E-state index in [4.69, 9.17) is 4.74 Å². The molecule has 3 fully saturated rings. The van der Waals surface area contributed by atoms with Gasteiger partial charge < -0.3 is 14.2 Å². The summed E-state index contributed by atoms with van der Waals surface area (Å²) in [6.45, 7) is 9.05. The van der Waals surface area contributed by atoms with Crippen LogP contribution in [0.1, 0.15) is 36.6 Å². The molecule has 1 atom stereocenters. The molecule has 0 amide bonds. The number of hydrogen-bond donors (Lipinski definition) is 0. The number of hydrogen-bond acceptors (Lipinski definition) is 9. The number of nitrogens with zero attached hydrogens (tertiary/aromatic N) is 8. The van der Waals surface area contributed by atoms with Gasteiger partial charge in [0, 0.05) is 80.2 Å². The number of piperidine rings is 1. The van der Waals surface area contributed by atoms with Crippen molar-refractivity contribution in [2.45, 2.75) is 51.5 Å². The Morgan fingerprint density at radius 1 is 1.00 bits per heavy atom. The molecule has 3 aliphatic rings. The van der Waals surface area contributed by atoms with E-state index in [-0.39, 0.29) is 17.0 Å². The van der Waals surface area contributed by atoms with Crippen LogP contribution in [0.15, 0.2) is 42.7 Å². The van der Waals surface area contributed by atoms with Gasteiger partial charge in [-0.2, -0.15) is 22.7 Å². The second-order valence-electron chi connectivity index (χ2n) is 14.5. The van der Waals surface area contributed by atoms with Gasteiger partial charge in [-0.05, 0) is 62.7 Å². The topological polar surface area (TPSA) is 111 Å². The van der Waals surface area contributed by atoms with E-state index in [1.807, 2.05) is 10.6 Å². The summed E-state index contributed by atoms with van der Waals surface area (Å²) in [4.78, 5) is 15.6. The van der Waals surface area contributed by atoms with Crippen molar-refractivity contribution in [3.05, 3.63) is 59.5 Å². The van der Waals surface area contributed by atoms with Gasteiger partial charge in [0.1, 0.15) is 29.7 Å². The highest BCUT2D eigenvalue weighted by Gasteiger charge is 2.46. The number of benzene rings is 2. The zero-order valence-corrected chi connectivity index (χ0v) is 30.0. The predicted molar refractivity (Wildman–Crippen MR) is 189 cm³/mol. The number of anilines is 1. The molecule has 0 aliphatic carbocycles. The largest absolute Gasteiger partial charge is 0.496 e. The third-order valence-corrected chi connectivity index (χ3v) is 12.3. The predicted octanol–water partition coefficient (Wildman–Crippen LogP) is 4.64. The van der Waals surface area contributed by atoms with E-state index in [9.17, 15) is 26.9 Å². The average molecular weight is 725 g/mol. The number of sulfonamides is 1. The van der Waals surface area contributed by atoms with Crippen LogP contribution in [0.5, 0.6) is 5.75 Å². The van der Waals surface area contributed by atoms with Crippen LogP contribution >= 0.6 is 0 Å². The van der Waals surface area contributed by atoms with Crippen molar-refractivity contribution in [1.82, 2.24) is 28.6 Å². The molecule has 3 aliphatic heterocycles. The molecular weight excluding hydrogens is 682 g/mol.